The maximum Gasteiger partial charge on any atom is 0.327 e. The minimum atomic E-state index is -1.04. The van der Waals surface area contributed by atoms with Crippen molar-refractivity contribution in [3.8, 4) is 17.1 Å². The number of para-hydroxylation sites is 1. The summed E-state index contributed by atoms with van der Waals surface area (Å²) >= 11 is 0. The smallest absolute Gasteiger partial charge is 0.327 e. The van der Waals surface area contributed by atoms with E-state index in [1.807, 2.05) is 35.2 Å². The molecule has 132 valence electrons. The third-order valence-electron chi connectivity index (χ3n) is 3.80. The highest BCUT2D eigenvalue weighted by Gasteiger charge is 2.30. The van der Waals surface area contributed by atoms with Gasteiger partial charge in [-0.25, -0.2) is 9.97 Å². The lowest BCUT2D eigenvalue weighted by atomic mass is 10.2. The van der Waals surface area contributed by atoms with E-state index in [4.69, 9.17) is 9.84 Å². The van der Waals surface area contributed by atoms with Crippen LogP contribution >= 0.6 is 0 Å². The van der Waals surface area contributed by atoms with E-state index in [0.29, 0.717) is 24.6 Å². The molecule has 0 atom stereocenters. The van der Waals surface area contributed by atoms with E-state index in [-0.39, 0.29) is 18.5 Å². The highest BCUT2D eigenvalue weighted by atomic mass is 16.5. The summed E-state index contributed by atoms with van der Waals surface area (Å²) in [6.07, 6.45) is 3.30. The number of tetrazole rings is 1. The summed E-state index contributed by atoms with van der Waals surface area (Å²) in [5.41, 5.74) is 0.572. The number of aromatic nitrogens is 6. The number of nitrogens with zero attached hydrogens (tertiary/aromatic N) is 7. The van der Waals surface area contributed by atoms with Crippen molar-refractivity contribution in [3.63, 3.8) is 0 Å². The standard InChI is InChI=1S/C16H15N7O3/c24-14(25)10-23-20-15(19-21-23)11-6-17-16(18-7-11)22-8-13(9-22)26-12-4-2-1-3-5-12/h1-7,13H,8-10H2,(H,24,25). The molecule has 26 heavy (non-hydrogen) atoms. The van der Waals surface area contributed by atoms with Crippen LogP contribution in [0.15, 0.2) is 42.7 Å². The van der Waals surface area contributed by atoms with Crippen LogP contribution in [0.2, 0.25) is 0 Å². The molecule has 1 saturated heterocycles. The summed E-state index contributed by atoms with van der Waals surface area (Å²) < 4.78 is 5.85. The highest BCUT2D eigenvalue weighted by molar-refractivity contribution is 5.66. The number of hydrogen-bond donors (Lipinski definition) is 1. The molecule has 4 rings (SSSR count). The number of carbonyl (C=O) groups is 1. The Morgan fingerprint density at radius 2 is 1.92 bits per heavy atom. The second-order valence-electron chi connectivity index (χ2n) is 5.77. The zero-order valence-electron chi connectivity index (χ0n) is 13.6. The number of ether oxygens (including phenoxy) is 1. The van der Waals surface area contributed by atoms with Gasteiger partial charge in [0.05, 0.1) is 18.7 Å². The molecule has 3 aromatic rings. The Bertz CT molecular complexity index is 892. The van der Waals surface area contributed by atoms with Crippen LogP contribution in [0.4, 0.5) is 5.95 Å². The first-order chi connectivity index (χ1) is 12.7. The topological polar surface area (TPSA) is 119 Å². The molecule has 2 aromatic heterocycles. The van der Waals surface area contributed by atoms with Crippen molar-refractivity contribution in [2.75, 3.05) is 18.0 Å². The molecular formula is C16H15N7O3. The third-order valence-corrected chi connectivity index (χ3v) is 3.80. The average Bonchev–Trinajstić information content (AvgIpc) is 3.07. The lowest BCUT2D eigenvalue weighted by molar-refractivity contribution is -0.138. The fourth-order valence-corrected chi connectivity index (χ4v) is 2.51. The van der Waals surface area contributed by atoms with Gasteiger partial charge >= 0.3 is 5.97 Å². The minimum Gasteiger partial charge on any atom is -0.487 e. The van der Waals surface area contributed by atoms with Crippen molar-refractivity contribution in [3.05, 3.63) is 42.7 Å². The van der Waals surface area contributed by atoms with Gasteiger partial charge in [0, 0.05) is 12.4 Å². The average molecular weight is 353 g/mol. The van der Waals surface area contributed by atoms with Gasteiger partial charge in [-0.2, -0.15) is 4.80 Å². The van der Waals surface area contributed by atoms with Gasteiger partial charge in [0.1, 0.15) is 11.9 Å². The molecule has 0 aliphatic carbocycles. The van der Waals surface area contributed by atoms with Gasteiger partial charge < -0.3 is 14.7 Å². The van der Waals surface area contributed by atoms with Crippen LogP contribution in [0.25, 0.3) is 11.4 Å². The number of carboxylic acid groups (broad SMARTS) is 1. The van der Waals surface area contributed by atoms with E-state index in [9.17, 15) is 4.79 Å². The first-order valence-electron chi connectivity index (χ1n) is 7.96. The minimum absolute atomic E-state index is 0.110. The summed E-state index contributed by atoms with van der Waals surface area (Å²) in [4.78, 5) is 22.3. The molecule has 0 unspecified atom stereocenters. The molecule has 10 heteroatoms. The molecule has 1 aromatic carbocycles. The van der Waals surface area contributed by atoms with Gasteiger partial charge in [-0.15, -0.1) is 10.2 Å². The number of anilines is 1. The summed E-state index contributed by atoms with van der Waals surface area (Å²) in [5.74, 6) is 0.695. The Morgan fingerprint density at radius 1 is 1.19 bits per heavy atom. The maximum atomic E-state index is 10.6. The first-order valence-corrected chi connectivity index (χ1v) is 7.96. The van der Waals surface area contributed by atoms with Crippen molar-refractivity contribution < 1.29 is 14.6 Å². The van der Waals surface area contributed by atoms with Crippen molar-refractivity contribution >= 4 is 11.9 Å². The molecule has 1 aliphatic rings. The number of carboxylic acids is 1. The molecule has 0 saturated carbocycles. The van der Waals surface area contributed by atoms with Gasteiger partial charge in [0.2, 0.25) is 11.8 Å². The number of hydrogen-bond acceptors (Lipinski definition) is 8. The Labute approximate surface area is 148 Å². The van der Waals surface area contributed by atoms with Crippen LogP contribution in [0.5, 0.6) is 5.75 Å². The van der Waals surface area contributed by atoms with Crippen LogP contribution in [0.1, 0.15) is 0 Å². The van der Waals surface area contributed by atoms with Crippen LogP contribution in [-0.4, -0.2) is 60.4 Å². The van der Waals surface area contributed by atoms with E-state index in [2.05, 4.69) is 25.4 Å². The molecule has 0 radical (unpaired) electrons. The van der Waals surface area contributed by atoms with Crippen molar-refractivity contribution in [2.45, 2.75) is 12.6 Å². The second-order valence-corrected chi connectivity index (χ2v) is 5.77. The molecule has 1 aliphatic heterocycles. The third kappa shape index (κ3) is 3.43. The summed E-state index contributed by atoms with van der Waals surface area (Å²) in [7, 11) is 0. The molecule has 0 bridgehead atoms. The van der Waals surface area contributed by atoms with Gasteiger partial charge in [0.25, 0.3) is 0 Å². The maximum absolute atomic E-state index is 10.6. The van der Waals surface area contributed by atoms with E-state index in [1.165, 1.54) is 0 Å². The molecular weight excluding hydrogens is 338 g/mol. The lowest BCUT2D eigenvalue weighted by Crippen LogP contribution is -2.54. The zero-order valence-corrected chi connectivity index (χ0v) is 13.6. The first kappa shape index (κ1) is 15.9. The van der Waals surface area contributed by atoms with Crippen molar-refractivity contribution in [2.24, 2.45) is 0 Å². The van der Waals surface area contributed by atoms with Crippen molar-refractivity contribution in [1.82, 2.24) is 30.2 Å². The van der Waals surface area contributed by atoms with E-state index in [0.717, 1.165) is 10.5 Å². The number of benzene rings is 1. The largest absolute Gasteiger partial charge is 0.487 e. The van der Waals surface area contributed by atoms with Gasteiger partial charge in [0.15, 0.2) is 6.54 Å². The Morgan fingerprint density at radius 3 is 2.62 bits per heavy atom. The van der Waals surface area contributed by atoms with Crippen LogP contribution in [0.3, 0.4) is 0 Å². The molecule has 0 spiro atoms. The lowest BCUT2D eigenvalue weighted by Gasteiger charge is -2.38. The molecule has 1 fully saturated rings. The fourth-order valence-electron chi connectivity index (χ4n) is 2.51. The summed E-state index contributed by atoms with van der Waals surface area (Å²) in [6, 6.07) is 9.68. The van der Waals surface area contributed by atoms with Crippen LogP contribution in [0, 0.1) is 0 Å². The second kappa shape index (κ2) is 6.75. The van der Waals surface area contributed by atoms with Crippen molar-refractivity contribution in [1.29, 1.82) is 0 Å². The Kier molecular flexibility index (Phi) is 4.14. The molecule has 0 amide bonds. The van der Waals surface area contributed by atoms with Gasteiger partial charge in [-0.05, 0) is 17.3 Å². The van der Waals surface area contributed by atoms with E-state index in [1.54, 1.807) is 12.4 Å². The Hall–Kier alpha value is -3.56. The van der Waals surface area contributed by atoms with Gasteiger partial charge in [-0.3, -0.25) is 4.79 Å². The Balaban J connectivity index is 1.35. The highest BCUT2D eigenvalue weighted by Crippen LogP contribution is 2.22. The van der Waals surface area contributed by atoms with Crippen LogP contribution < -0.4 is 9.64 Å². The summed E-state index contributed by atoms with van der Waals surface area (Å²) in [5, 5.41) is 20.2. The molecule has 1 N–H and O–H groups in total. The van der Waals surface area contributed by atoms with Gasteiger partial charge in [-0.1, -0.05) is 18.2 Å². The predicted octanol–water partition coefficient (Wildman–Crippen LogP) is 0.482. The monoisotopic (exact) mass is 353 g/mol. The quantitative estimate of drug-likeness (QED) is 0.675. The summed E-state index contributed by atoms with van der Waals surface area (Å²) in [6.45, 7) is 1.07. The molecule has 10 nitrogen and oxygen atoms in total. The fraction of sp³-hybridized carbons (Fsp3) is 0.250. The van der Waals surface area contributed by atoms with Crippen LogP contribution in [-0.2, 0) is 11.3 Å². The number of rotatable bonds is 6. The number of aliphatic carboxylic acids is 1. The predicted molar refractivity (Wildman–Crippen MR) is 89.5 cm³/mol. The zero-order chi connectivity index (χ0) is 17.9. The van der Waals surface area contributed by atoms with E-state index >= 15 is 0 Å². The molecule has 3 heterocycles. The normalized spacial score (nSPS) is 14.1. The SMILES string of the molecule is O=C(O)Cn1nnc(-c2cnc(N3CC(Oc4ccccc4)C3)nc2)n1. The van der Waals surface area contributed by atoms with E-state index < -0.39 is 5.97 Å².